The fourth-order valence-electron chi connectivity index (χ4n) is 14.8. The summed E-state index contributed by atoms with van der Waals surface area (Å²) >= 11 is 0. The highest BCUT2D eigenvalue weighted by molar-refractivity contribution is 6.14. The highest BCUT2D eigenvalue weighted by atomic mass is 15.1. The molecule has 0 bridgehead atoms. The van der Waals surface area contributed by atoms with E-state index in [0.29, 0.717) is 0 Å². The SMILES string of the molecule is CC1(C)c2ccccc2-c2cc3c4ccccc4n(-c4ccccn4)c3cc21.CC1(C)c2ccccc2-c2cc3c4ccccc4n(-c4cccnc4)c3cc21.CC1(C)c2ccccc2-c2cc3c4ccccc4n(-c4ccncc4)c3cc21. The minimum atomic E-state index is -0.00842. The zero-order chi connectivity index (χ0) is 56.6. The van der Waals surface area contributed by atoms with Gasteiger partial charge in [0.05, 0.1) is 45.0 Å². The van der Waals surface area contributed by atoms with Crippen LogP contribution >= 0.6 is 0 Å². The van der Waals surface area contributed by atoms with Gasteiger partial charge in [-0.25, -0.2) is 4.98 Å². The van der Waals surface area contributed by atoms with E-state index in [9.17, 15) is 0 Å². The van der Waals surface area contributed by atoms with Gasteiger partial charge in [0, 0.05) is 79.0 Å². The van der Waals surface area contributed by atoms with E-state index in [1.54, 1.807) is 0 Å². The first kappa shape index (κ1) is 49.6. The standard InChI is InChI=1S/3C26H20N2/c1-26(2)22-11-5-3-9-18(22)20-14-21-19-10-4-6-12-24(19)28(25(21)15-23(20)26)17-8-7-13-27-16-17;1-26(2)21-11-5-3-9-17(21)19-15-20-18-10-4-6-12-23(18)28(24(20)16-22(19)26)25-13-7-8-14-27-25;1-26(2)22-9-5-3-7-18(22)20-15-21-19-8-4-6-10-24(19)28(25(21)16-23(20)26)17-11-13-27-14-12-17/h3*3-16H,1-2H3. The molecule has 3 aliphatic rings. The third kappa shape index (κ3) is 7.19. The van der Waals surface area contributed by atoms with Gasteiger partial charge in [0.1, 0.15) is 5.82 Å². The van der Waals surface area contributed by atoms with Crippen LogP contribution in [-0.4, -0.2) is 28.7 Å². The molecule has 9 aromatic carbocycles. The van der Waals surface area contributed by atoms with E-state index in [2.05, 4.69) is 283 Å². The van der Waals surface area contributed by atoms with Crippen molar-refractivity contribution in [2.45, 2.75) is 57.8 Å². The van der Waals surface area contributed by atoms with Crippen molar-refractivity contribution in [2.75, 3.05) is 0 Å². The Balaban J connectivity index is 0.000000103. The predicted octanol–water partition coefficient (Wildman–Crippen LogP) is 19.5. The Bertz CT molecular complexity index is 4640. The number of nitrogens with zero attached hydrogens (tertiary/aromatic N) is 6. The van der Waals surface area contributed by atoms with Crippen molar-refractivity contribution >= 4 is 65.4 Å². The van der Waals surface area contributed by atoms with Crippen LogP contribution in [0.25, 0.3) is 116 Å². The van der Waals surface area contributed by atoms with E-state index < -0.39 is 0 Å². The van der Waals surface area contributed by atoms with Crippen LogP contribution in [0.15, 0.2) is 255 Å². The lowest BCUT2D eigenvalue weighted by Gasteiger charge is -2.21. The number of para-hydroxylation sites is 3. The average Bonchev–Trinajstić information content (AvgIpc) is 1.67. The van der Waals surface area contributed by atoms with E-state index in [4.69, 9.17) is 0 Å². The van der Waals surface area contributed by atoms with Crippen LogP contribution in [0, 0.1) is 0 Å². The summed E-state index contributed by atoms with van der Waals surface area (Å²) in [5.41, 5.74) is 26.2. The second-order valence-corrected chi connectivity index (χ2v) is 24.4. The zero-order valence-corrected chi connectivity index (χ0v) is 47.9. The average molecular weight is 1080 g/mol. The Morgan fingerprint density at radius 2 is 0.655 bits per heavy atom. The normalized spacial score (nSPS) is 14.4. The first-order valence-electron chi connectivity index (χ1n) is 29.2. The van der Waals surface area contributed by atoms with Gasteiger partial charge in [-0.3, -0.25) is 14.5 Å². The van der Waals surface area contributed by atoms with Crippen LogP contribution in [-0.2, 0) is 16.2 Å². The van der Waals surface area contributed by atoms with Gasteiger partial charge in [-0.1, -0.05) is 175 Å². The van der Waals surface area contributed by atoms with Crippen molar-refractivity contribution in [1.29, 1.82) is 0 Å². The number of rotatable bonds is 3. The summed E-state index contributed by atoms with van der Waals surface area (Å²) in [5.74, 6) is 0.960. The Kier molecular flexibility index (Phi) is 10.9. The van der Waals surface area contributed by atoms with Crippen LogP contribution in [0.4, 0.5) is 0 Å². The van der Waals surface area contributed by atoms with Gasteiger partial charge < -0.3 is 9.13 Å². The zero-order valence-electron chi connectivity index (χ0n) is 47.9. The largest absolute Gasteiger partial charge is 0.309 e. The number of aromatic nitrogens is 6. The summed E-state index contributed by atoms with van der Waals surface area (Å²) in [6.07, 6.45) is 9.36. The summed E-state index contributed by atoms with van der Waals surface area (Å²) < 4.78 is 7.01. The number of fused-ring (bicyclic) bond motifs is 18. The van der Waals surface area contributed by atoms with E-state index in [1.807, 2.05) is 43.1 Å². The van der Waals surface area contributed by atoms with E-state index >= 15 is 0 Å². The molecule has 18 rings (SSSR count). The summed E-state index contributed by atoms with van der Waals surface area (Å²) in [6, 6.07) is 81.2. The first-order valence-corrected chi connectivity index (χ1v) is 29.2. The molecule has 0 fully saturated rings. The summed E-state index contributed by atoms with van der Waals surface area (Å²) in [7, 11) is 0. The van der Waals surface area contributed by atoms with Crippen molar-refractivity contribution in [1.82, 2.24) is 28.7 Å². The van der Waals surface area contributed by atoms with Crippen molar-refractivity contribution < 1.29 is 0 Å². The summed E-state index contributed by atoms with van der Waals surface area (Å²) in [4.78, 5) is 13.2. The lowest BCUT2D eigenvalue weighted by atomic mass is 9.82. The molecule has 6 heterocycles. The molecule has 0 aliphatic heterocycles. The molecule has 15 aromatic rings. The molecule has 0 atom stereocenters. The second kappa shape index (κ2) is 18.4. The molecule has 6 aromatic heterocycles. The van der Waals surface area contributed by atoms with Crippen LogP contribution in [0.3, 0.4) is 0 Å². The lowest BCUT2D eigenvalue weighted by molar-refractivity contribution is 0.661. The summed E-state index contributed by atoms with van der Waals surface area (Å²) in [6.45, 7) is 14.0. The Morgan fingerprint density at radius 3 is 1.08 bits per heavy atom. The third-order valence-corrected chi connectivity index (χ3v) is 18.8. The van der Waals surface area contributed by atoms with Gasteiger partial charge in [-0.05, 0) is 158 Å². The van der Waals surface area contributed by atoms with Crippen molar-refractivity contribution in [2.24, 2.45) is 0 Å². The highest BCUT2D eigenvalue weighted by Crippen LogP contribution is 2.54. The smallest absolute Gasteiger partial charge is 0.137 e. The molecular weight excluding hydrogens is 1020 g/mol. The van der Waals surface area contributed by atoms with Gasteiger partial charge >= 0.3 is 0 Å². The molecule has 0 N–H and O–H groups in total. The van der Waals surface area contributed by atoms with Crippen molar-refractivity contribution in [3.8, 4) is 50.6 Å². The molecule has 0 unspecified atom stereocenters. The molecule has 84 heavy (non-hydrogen) atoms. The van der Waals surface area contributed by atoms with E-state index in [-0.39, 0.29) is 16.2 Å². The van der Waals surface area contributed by atoms with Crippen LogP contribution in [0.2, 0.25) is 0 Å². The maximum Gasteiger partial charge on any atom is 0.137 e. The lowest BCUT2D eigenvalue weighted by Crippen LogP contribution is -2.15. The van der Waals surface area contributed by atoms with Gasteiger partial charge in [-0.15, -0.1) is 0 Å². The number of hydrogen-bond acceptors (Lipinski definition) is 3. The fraction of sp³-hybridized carbons (Fsp3) is 0.115. The van der Waals surface area contributed by atoms with Crippen LogP contribution in [0.1, 0.15) is 74.9 Å². The molecule has 402 valence electrons. The Morgan fingerprint density at radius 1 is 0.262 bits per heavy atom. The number of benzene rings is 9. The minimum absolute atomic E-state index is 0.000353. The molecular formula is C78H60N6. The van der Waals surface area contributed by atoms with E-state index in [1.165, 1.54) is 132 Å². The molecule has 0 saturated heterocycles. The van der Waals surface area contributed by atoms with Gasteiger partial charge in [0.15, 0.2) is 0 Å². The van der Waals surface area contributed by atoms with Crippen LogP contribution in [0.5, 0.6) is 0 Å². The van der Waals surface area contributed by atoms with E-state index in [0.717, 1.165) is 17.2 Å². The molecule has 6 nitrogen and oxygen atoms in total. The van der Waals surface area contributed by atoms with Gasteiger partial charge in [-0.2, -0.15) is 0 Å². The maximum atomic E-state index is 4.65. The number of pyridine rings is 3. The quantitative estimate of drug-likeness (QED) is 0.177. The number of hydrogen-bond donors (Lipinski definition) is 0. The van der Waals surface area contributed by atoms with Gasteiger partial charge in [0.2, 0.25) is 0 Å². The van der Waals surface area contributed by atoms with Gasteiger partial charge in [0.25, 0.3) is 0 Å². The van der Waals surface area contributed by atoms with Crippen molar-refractivity contribution in [3.05, 3.63) is 289 Å². The fourth-order valence-corrected chi connectivity index (χ4v) is 14.8. The molecule has 0 spiro atoms. The Labute approximate surface area is 488 Å². The predicted molar refractivity (Wildman–Crippen MR) is 348 cm³/mol. The molecule has 0 radical (unpaired) electrons. The molecule has 0 saturated carbocycles. The maximum absolute atomic E-state index is 4.65. The monoisotopic (exact) mass is 1080 g/mol. The minimum Gasteiger partial charge on any atom is -0.309 e. The second-order valence-electron chi connectivity index (χ2n) is 24.4. The first-order chi connectivity index (χ1) is 41.0. The Hall–Kier alpha value is -10.2. The highest BCUT2D eigenvalue weighted by Gasteiger charge is 2.39. The summed E-state index contributed by atoms with van der Waals surface area (Å²) in [5, 5.41) is 7.73. The third-order valence-electron chi connectivity index (χ3n) is 18.8. The molecule has 3 aliphatic carbocycles. The van der Waals surface area contributed by atoms with Crippen molar-refractivity contribution in [3.63, 3.8) is 0 Å². The van der Waals surface area contributed by atoms with Crippen LogP contribution < -0.4 is 0 Å². The topological polar surface area (TPSA) is 53.5 Å². The molecule has 0 amide bonds. The molecule has 6 heteroatoms.